The minimum atomic E-state index is 0.818. The summed E-state index contributed by atoms with van der Waals surface area (Å²) in [5.74, 6) is 1.85. The molecule has 1 aromatic rings. The summed E-state index contributed by atoms with van der Waals surface area (Å²) in [7, 11) is 0. The summed E-state index contributed by atoms with van der Waals surface area (Å²) in [6.07, 6.45) is 9.29. The Hall–Kier alpha value is -1.18. The fourth-order valence-electron chi connectivity index (χ4n) is 2.71. The molecule has 0 spiro atoms. The molecule has 1 aromatic carbocycles. The molecule has 106 valence electrons. The monoisotopic (exact) mass is 261 g/mol. The number of para-hydroxylation sites is 2. The minimum Gasteiger partial charge on any atom is -0.491 e. The van der Waals surface area contributed by atoms with E-state index in [-0.39, 0.29) is 0 Å². The van der Waals surface area contributed by atoms with E-state index in [0.717, 1.165) is 36.9 Å². The molecule has 0 radical (unpaired) electrons. The molecule has 19 heavy (non-hydrogen) atoms. The smallest absolute Gasteiger partial charge is 0.142 e. The van der Waals surface area contributed by atoms with Gasteiger partial charge in [-0.15, -0.1) is 0 Å². The van der Waals surface area contributed by atoms with Crippen LogP contribution in [0.1, 0.15) is 51.9 Å². The van der Waals surface area contributed by atoms with Crippen molar-refractivity contribution >= 4 is 5.69 Å². The van der Waals surface area contributed by atoms with Crippen LogP contribution in [0, 0.1) is 5.92 Å². The van der Waals surface area contributed by atoms with Crippen molar-refractivity contribution in [2.75, 3.05) is 18.5 Å². The summed E-state index contributed by atoms with van der Waals surface area (Å²) in [4.78, 5) is 0. The highest BCUT2D eigenvalue weighted by Crippen LogP contribution is 2.27. The molecule has 0 unspecified atom stereocenters. The molecule has 2 nitrogen and oxygen atoms in total. The van der Waals surface area contributed by atoms with Crippen LogP contribution in [0.5, 0.6) is 5.75 Å². The van der Waals surface area contributed by atoms with Gasteiger partial charge in [-0.05, 0) is 37.3 Å². The molecule has 2 rings (SSSR count). The SMILES string of the molecule is CCCCOc1ccccc1NCC1CCCCC1. The number of unbranched alkanes of at least 4 members (excludes halogenated alkanes) is 1. The third-order valence-electron chi connectivity index (χ3n) is 3.95. The lowest BCUT2D eigenvalue weighted by molar-refractivity contribution is 0.310. The van der Waals surface area contributed by atoms with Gasteiger partial charge in [-0.1, -0.05) is 44.7 Å². The Bertz CT molecular complexity index is 358. The third-order valence-corrected chi connectivity index (χ3v) is 3.95. The highest BCUT2D eigenvalue weighted by atomic mass is 16.5. The molecule has 1 aliphatic rings. The van der Waals surface area contributed by atoms with Crippen LogP contribution in [0.25, 0.3) is 0 Å². The zero-order valence-corrected chi connectivity index (χ0v) is 12.2. The van der Waals surface area contributed by atoms with Crippen LogP contribution < -0.4 is 10.1 Å². The van der Waals surface area contributed by atoms with Gasteiger partial charge in [0.05, 0.1) is 12.3 Å². The van der Waals surface area contributed by atoms with Crippen LogP contribution in [-0.4, -0.2) is 13.2 Å². The molecule has 1 saturated carbocycles. The first-order valence-electron chi connectivity index (χ1n) is 7.86. The standard InChI is InChI=1S/C17H27NO/c1-2-3-13-19-17-12-8-7-11-16(17)18-14-15-9-5-4-6-10-15/h7-8,11-12,15,18H,2-6,9-10,13-14H2,1H3. The van der Waals surface area contributed by atoms with Gasteiger partial charge in [-0.25, -0.2) is 0 Å². The largest absolute Gasteiger partial charge is 0.491 e. The Balaban J connectivity index is 1.84. The van der Waals surface area contributed by atoms with Gasteiger partial charge in [-0.3, -0.25) is 0 Å². The van der Waals surface area contributed by atoms with Crippen LogP contribution in [0.3, 0.4) is 0 Å². The summed E-state index contributed by atoms with van der Waals surface area (Å²) in [5.41, 5.74) is 1.16. The number of hydrogen-bond donors (Lipinski definition) is 1. The summed E-state index contributed by atoms with van der Waals surface area (Å²) >= 11 is 0. The summed E-state index contributed by atoms with van der Waals surface area (Å²) in [6, 6.07) is 8.33. The molecular formula is C17H27NO. The molecule has 1 fully saturated rings. The highest BCUT2D eigenvalue weighted by molar-refractivity contribution is 5.56. The van der Waals surface area contributed by atoms with E-state index in [4.69, 9.17) is 4.74 Å². The van der Waals surface area contributed by atoms with Crippen molar-refractivity contribution in [1.29, 1.82) is 0 Å². The topological polar surface area (TPSA) is 21.3 Å². The van der Waals surface area contributed by atoms with Crippen molar-refractivity contribution in [1.82, 2.24) is 0 Å². The summed E-state index contributed by atoms with van der Waals surface area (Å²) in [5, 5.41) is 3.58. The van der Waals surface area contributed by atoms with E-state index in [1.165, 1.54) is 38.5 Å². The van der Waals surface area contributed by atoms with E-state index >= 15 is 0 Å². The maximum Gasteiger partial charge on any atom is 0.142 e. The number of hydrogen-bond acceptors (Lipinski definition) is 2. The number of nitrogens with one attached hydrogen (secondary N) is 1. The first kappa shape index (κ1) is 14.2. The van der Waals surface area contributed by atoms with Gasteiger partial charge in [0.25, 0.3) is 0 Å². The zero-order valence-electron chi connectivity index (χ0n) is 12.2. The van der Waals surface area contributed by atoms with Crippen LogP contribution in [0.2, 0.25) is 0 Å². The number of rotatable bonds is 7. The van der Waals surface area contributed by atoms with Crippen LogP contribution in [0.15, 0.2) is 24.3 Å². The van der Waals surface area contributed by atoms with Crippen LogP contribution in [0.4, 0.5) is 5.69 Å². The molecular weight excluding hydrogens is 234 g/mol. The van der Waals surface area contributed by atoms with E-state index in [9.17, 15) is 0 Å². The van der Waals surface area contributed by atoms with E-state index in [2.05, 4.69) is 30.4 Å². The Kier molecular flexibility index (Phi) is 6.06. The van der Waals surface area contributed by atoms with Crippen molar-refractivity contribution in [3.63, 3.8) is 0 Å². The molecule has 0 aliphatic heterocycles. The van der Waals surface area contributed by atoms with E-state index in [0.29, 0.717) is 0 Å². The molecule has 2 heteroatoms. The van der Waals surface area contributed by atoms with Crippen molar-refractivity contribution in [2.45, 2.75) is 51.9 Å². The van der Waals surface area contributed by atoms with E-state index < -0.39 is 0 Å². The maximum atomic E-state index is 5.85. The molecule has 1 aliphatic carbocycles. The quantitative estimate of drug-likeness (QED) is 0.708. The van der Waals surface area contributed by atoms with Gasteiger partial charge in [0, 0.05) is 6.54 Å². The lowest BCUT2D eigenvalue weighted by Gasteiger charge is -2.23. The maximum absolute atomic E-state index is 5.85. The Morgan fingerprint density at radius 2 is 1.95 bits per heavy atom. The van der Waals surface area contributed by atoms with Gasteiger partial charge in [0.15, 0.2) is 0 Å². The van der Waals surface area contributed by atoms with Crippen molar-refractivity contribution in [3.05, 3.63) is 24.3 Å². The van der Waals surface area contributed by atoms with Gasteiger partial charge >= 0.3 is 0 Å². The average Bonchev–Trinajstić information content (AvgIpc) is 2.48. The van der Waals surface area contributed by atoms with Crippen molar-refractivity contribution in [3.8, 4) is 5.75 Å². The second kappa shape index (κ2) is 8.08. The van der Waals surface area contributed by atoms with Crippen molar-refractivity contribution in [2.24, 2.45) is 5.92 Å². The first-order valence-corrected chi connectivity index (χ1v) is 7.86. The Labute approximate surface area is 117 Å². The Morgan fingerprint density at radius 3 is 2.74 bits per heavy atom. The normalized spacial score (nSPS) is 16.3. The first-order chi connectivity index (χ1) is 9.40. The second-order valence-electron chi connectivity index (χ2n) is 5.58. The average molecular weight is 261 g/mol. The summed E-state index contributed by atoms with van der Waals surface area (Å²) < 4.78 is 5.85. The molecule has 0 bridgehead atoms. The minimum absolute atomic E-state index is 0.818. The third kappa shape index (κ3) is 4.77. The number of benzene rings is 1. The number of ether oxygens (including phenoxy) is 1. The predicted octanol–water partition coefficient (Wildman–Crippen LogP) is 4.86. The lowest BCUT2D eigenvalue weighted by Crippen LogP contribution is -2.17. The highest BCUT2D eigenvalue weighted by Gasteiger charge is 2.13. The molecule has 1 N–H and O–H groups in total. The van der Waals surface area contributed by atoms with E-state index in [1.807, 2.05) is 6.07 Å². The zero-order chi connectivity index (χ0) is 13.3. The van der Waals surface area contributed by atoms with Gasteiger partial charge in [-0.2, -0.15) is 0 Å². The molecule has 0 heterocycles. The lowest BCUT2D eigenvalue weighted by atomic mass is 9.89. The van der Waals surface area contributed by atoms with Gasteiger partial charge < -0.3 is 10.1 Å². The fraction of sp³-hybridized carbons (Fsp3) is 0.647. The van der Waals surface area contributed by atoms with Crippen molar-refractivity contribution < 1.29 is 4.74 Å². The molecule has 0 saturated heterocycles. The summed E-state index contributed by atoms with van der Waals surface area (Å²) in [6.45, 7) is 4.10. The van der Waals surface area contributed by atoms with Gasteiger partial charge in [0.1, 0.15) is 5.75 Å². The molecule has 0 atom stereocenters. The van der Waals surface area contributed by atoms with Crippen LogP contribution in [-0.2, 0) is 0 Å². The van der Waals surface area contributed by atoms with Crippen LogP contribution >= 0.6 is 0 Å². The number of anilines is 1. The molecule has 0 aromatic heterocycles. The fourth-order valence-corrected chi connectivity index (χ4v) is 2.71. The second-order valence-corrected chi connectivity index (χ2v) is 5.58. The predicted molar refractivity (Wildman–Crippen MR) is 81.9 cm³/mol. The van der Waals surface area contributed by atoms with Gasteiger partial charge in [0.2, 0.25) is 0 Å². The van der Waals surface area contributed by atoms with E-state index in [1.54, 1.807) is 0 Å². The molecule has 0 amide bonds. The Morgan fingerprint density at radius 1 is 1.16 bits per heavy atom.